The van der Waals surface area contributed by atoms with Crippen LogP contribution in [0.25, 0.3) is 11.1 Å². The van der Waals surface area contributed by atoms with Gasteiger partial charge in [0.25, 0.3) is 0 Å². The van der Waals surface area contributed by atoms with E-state index < -0.39 is 0 Å². The van der Waals surface area contributed by atoms with Crippen LogP contribution in [0, 0.1) is 0 Å². The van der Waals surface area contributed by atoms with Crippen molar-refractivity contribution in [1.29, 1.82) is 0 Å². The fourth-order valence-corrected chi connectivity index (χ4v) is 2.45. The second-order valence-electron chi connectivity index (χ2n) is 4.59. The van der Waals surface area contributed by atoms with Gasteiger partial charge in [-0.05, 0) is 42.2 Å². The molecule has 0 spiro atoms. The minimum absolute atomic E-state index is 0.179. The number of esters is 1. The van der Waals surface area contributed by atoms with Crippen LogP contribution in [0.5, 0.6) is 0 Å². The molecule has 110 valence electrons. The van der Waals surface area contributed by atoms with Crippen LogP contribution >= 0.6 is 23.2 Å². The zero-order valence-electron chi connectivity index (χ0n) is 11.7. The molecular formula is C17H16Cl2O2. The zero-order chi connectivity index (χ0) is 15.2. The van der Waals surface area contributed by atoms with Gasteiger partial charge in [-0.3, -0.25) is 4.79 Å². The monoisotopic (exact) mass is 322 g/mol. The van der Waals surface area contributed by atoms with Gasteiger partial charge < -0.3 is 4.74 Å². The van der Waals surface area contributed by atoms with Gasteiger partial charge >= 0.3 is 5.97 Å². The molecule has 0 N–H and O–H groups in total. The molecule has 0 fully saturated rings. The molecule has 21 heavy (non-hydrogen) atoms. The minimum Gasteiger partial charge on any atom is -0.466 e. The molecule has 0 heterocycles. The molecule has 2 aromatic rings. The number of benzene rings is 2. The van der Waals surface area contributed by atoms with Crippen LogP contribution in [-0.2, 0) is 16.0 Å². The lowest BCUT2D eigenvalue weighted by molar-refractivity contribution is -0.143. The summed E-state index contributed by atoms with van der Waals surface area (Å²) in [6, 6.07) is 13.5. The highest BCUT2D eigenvalue weighted by atomic mass is 35.5. The molecule has 0 aliphatic heterocycles. The number of carbonyl (C=O) groups is 1. The number of hydrogen-bond acceptors (Lipinski definition) is 2. The van der Waals surface area contributed by atoms with E-state index in [2.05, 4.69) is 0 Å². The molecule has 0 aromatic heterocycles. The Morgan fingerprint density at radius 3 is 2.57 bits per heavy atom. The highest BCUT2D eigenvalue weighted by Gasteiger charge is 2.09. The summed E-state index contributed by atoms with van der Waals surface area (Å²) in [6.07, 6.45) is 1.00. The molecule has 0 aliphatic rings. The van der Waals surface area contributed by atoms with Gasteiger partial charge in [0, 0.05) is 6.42 Å². The summed E-state index contributed by atoms with van der Waals surface area (Å²) in [5.41, 5.74) is 3.13. The van der Waals surface area contributed by atoms with Crippen LogP contribution in [0.4, 0.5) is 0 Å². The molecule has 0 aliphatic carbocycles. The van der Waals surface area contributed by atoms with E-state index in [9.17, 15) is 4.79 Å². The van der Waals surface area contributed by atoms with Gasteiger partial charge in [-0.1, -0.05) is 53.5 Å². The highest BCUT2D eigenvalue weighted by Crippen LogP contribution is 2.30. The van der Waals surface area contributed by atoms with E-state index >= 15 is 0 Å². The van der Waals surface area contributed by atoms with Crippen LogP contribution in [0.1, 0.15) is 18.9 Å². The third-order valence-corrected chi connectivity index (χ3v) is 3.89. The number of carbonyl (C=O) groups excluding carboxylic acids is 1. The third-order valence-electron chi connectivity index (χ3n) is 3.15. The zero-order valence-corrected chi connectivity index (χ0v) is 13.2. The number of ether oxygens (including phenoxy) is 1. The summed E-state index contributed by atoms with van der Waals surface area (Å²) in [6.45, 7) is 2.22. The van der Waals surface area contributed by atoms with Gasteiger partial charge in [0.05, 0.1) is 16.7 Å². The Kier molecular flexibility index (Phi) is 5.66. The van der Waals surface area contributed by atoms with Crippen molar-refractivity contribution >= 4 is 29.2 Å². The van der Waals surface area contributed by atoms with Crippen molar-refractivity contribution in [2.45, 2.75) is 19.8 Å². The van der Waals surface area contributed by atoms with Crippen molar-refractivity contribution in [3.8, 4) is 11.1 Å². The van der Waals surface area contributed by atoms with Gasteiger partial charge in [-0.2, -0.15) is 0 Å². The van der Waals surface area contributed by atoms with Crippen LogP contribution < -0.4 is 0 Å². The molecule has 0 saturated heterocycles. The highest BCUT2D eigenvalue weighted by molar-refractivity contribution is 6.42. The number of halogens is 2. The summed E-state index contributed by atoms with van der Waals surface area (Å²) >= 11 is 12.0. The molecule has 0 amide bonds. The maximum Gasteiger partial charge on any atom is 0.306 e. The largest absolute Gasteiger partial charge is 0.466 e. The van der Waals surface area contributed by atoms with Gasteiger partial charge in [0.15, 0.2) is 0 Å². The molecule has 2 aromatic carbocycles. The van der Waals surface area contributed by atoms with Crippen LogP contribution in [0.3, 0.4) is 0 Å². The molecule has 0 atom stereocenters. The van der Waals surface area contributed by atoms with E-state index in [1.807, 2.05) is 43.3 Å². The predicted octanol–water partition coefficient (Wildman–Crippen LogP) is 5.16. The smallest absolute Gasteiger partial charge is 0.306 e. The average Bonchev–Trinajstić information content (AvgIpc) is 2.49. The standard InChI is InChI=1S/C17H16Cl2O2/c1-2-21-17(20)10-8-12-5-3-4-6-14(12)13-7-9-15(18)16(19)11-13/h3-7,9,11H,2,8,10H2,1H3. The van der Waals surface area contributed by atoms with Crippen LogP contribution in [0.2, 0.25) is 10.0 Å². The first-order chi connectivity index (χ1) is 10.1. The first-order valence-corrected chi connectivity index (χ1v) is 7.56. The molecule has 0 bridgehead atoms. The topological polar surface area (TPSA) is 26.3 Å². The summed E-state index contributed by atoms with van der Waals surface area (Å²) in [7, 11) is 0. The van der Waals surface area contributed by atoms with Crippen molar-refractivity contribution in [1.82, 2.24) is 0 Å². The van der Waals surface area contributed by atoms with Crippen molar-refractivity contribution in [2.24, 2.45) is 0 Å². The predicted molar refractivity (Wildman–Crippen MR) is 86.9 cm³/mol. The van der Waals surface area contributed by atoms with Crippen LogP contribution in [0.15, 0.2) is 42.5 Å². The first-order valence-electron chi connectivity index (χ1n) is 6.80. The molecule has 0 radical (unpaired) electrons. The van der Waals surface area contributed by atoms with E-state index in [0.717, 1.165) is 16.7 Å². The minimum atomic E-state index is -0.179. The van der Waals surface area contributed by atoms with Gasteiger partial charge in [-0.25, -0.2) is 0 Å². The normalized spacial score (nSPS) is 10.4. The van der Waals surface area contributed by atoms with Crippen molar-refractivity contribution in [3.05, 3.63) is 58.1 Å². The van der Waals surface area contributed by atoms with Gasteiger partial charge in [0.2, 0.25) is 0 Å². The Morgan fingerprint density at radius 2 is 1.86 bits per heavy atom. The molecule has 0 saturated carbocycles. The maximum absolute atomic E-state index is 11.5. The Labute approximate surface area is 134 Å². The van der Waals surface area contributed by atoms with Crippen LogP contribution in [-0.4, -0.2) is 12.6 Å². The SMILES string of the molecule is CCOC(=O)CCc1ccccc1-c1ccc(Cl)c(Cl)c1. The van der Waals surface area contributed by atoms with E-state index in [-0.39, 0.29) is 5.97 Å². The summed E-state index contributed by atoms with van der Waals surface area (Å²) in [5.74, 6) is -0.179. The number of aryl methyl sites for hydroxylation is 1. The van der Waals surface area contributed by atoms with E-state index in [4.69, 9.17) is 27.9 Å². The molecule has 0 unspecified atom stereocenters. The van der Waals surface area contributed by atoms with Crippen molar-refractivity contribution in [3.63, 3.8) is 0 Å². The third kappa shape index (κ3) is 4.23. The Morgan fingerprint density at radius 1 is 1.10 bits per heavy atom. The number of hydrogen-bond donors (Lipinski definition) is 0. The van der Waals surface area contributed by atoms with E-state index in [0.29, 0.717) is 29.5 Å². The fraction of sp³-hybridized carbons (Fsp3) is 0.235. The number of rotatable bonds is 5. The fourth-order valence-electron chi connectivity index (χ4n) is 2.15. The lowest BCUT2D eigenvalue weighted by atomic mass is 9.97. The van der Waals surface area contributed by atoms with Crippen molar-refractivity contribution < 1.29 is 9.53 Å². The Bertz CT molecular complexity index is 638. The average molecular weight is 323 g/mol. The van der Waals surface area contributed by atoms with Gasteiger partial charge in [0.1, 0.15) is 0 Å². The summed E-state index contributed by atoms with van der Waals surface area (Å²) < 4.78 is 4.97. The lowest BCUT2D eigenvalue weighted by Crippen LogP contribution is -2.05. The second kappa shape index (κ2) is 7.48. The quantitative estimate of drug-likeness (QED) is 0.711. The second-order valence-corrected chi connectivity index (χ2v) is 5.41. The Hall–Kier alpha value is -1.51. The molecule has 2 nitrogen and oxygen atoms in total. The van der Waals surface area contributed by atoms with E-state index in [1.54, 1.807) is 6.07 Å². The first kappa shape index (κ1) is 15.9. The molecule has 4 heteroatoms. The van der Waals surface area contributed by atoms with E-state index in [1.165, 1.54) is 0 Å². The summed E-state index contributed by atoms with van der Waals surface area (Å²) in [5, 5.41) is 1.05. The maximum atomic E-state index is 11.5. The summed E-state index contributed by atoms with van der Waals surface area (Å²) in [4.78, 5) is 11.5. The van der Waals surface area contributed by atoms with Gasteiger partial charge in [-0.15, -0.1) is 0 Å². The lowest BCUT2D eigenvalue weighted by Gasteiger charge is -2.10. The molecular weight excluding hydrogens is 307 g/mol. The van der Waals surface area contributed by atoms with Crippen molar-refractivity contribution in [2.75, 3.05) is 6.61 Å². The molecule has 2 rings (SSSR count). The Balaban J connectivity index is 2.24.